The van der Waals surface area contributed by atoms with Crippen molar-refractivity contribution in [2.45, 2.75) is 18.9 Å². The molecule has 6 heteroatoms. The number of rotatable bonds is 3. The predicted molar refractivity (Wildman–Crippen MR) is 48.9 cm³/mol. The van der Waals surface area contributed by atoms with Gasteiger partial charge in [-0.3, -0.25) is 9.59 Å². The molecule has 0 aromatic rings. The number of amides is 1. The topological polar surface area (TPSA) is 78.4 Å². The Balaban J connectivity index is 0.00000144. The van der Waals surface area contributed by atoms with Crippen molar-refractivity contribution in [3.63, 3.8) is 0 Å². The van der Waals surface area contributed by atoms with Crippen molar-refractivity contribution in [1.82, 2.24) is 10.6 Å². The van der Waals surface area contributed by atoms with Gasteiger partial charge in [-0.1, -0.05) is 0 Å². The van der Waals surface area contributed by atoms with Crippen LogP contribution in [0, 0.1) is 0 Å². The van der Waals surface area contributed by atoms with E-state index in [1.807, 2.05) is 0 Å². The molecule has 1 rings (SSSR count). The van der Waals surface area contributed by atoms with Gasteiger partial charge in [-0.2, -0.15) is 0 Å². The van der Waals surface area contributed by atoms with Gasteiger partial charge in [0.2, 0.25) is 5.91 Å². The summed E-state index contributed by atoms with van der Waals surface area (Å²) in [5.74, 6) is -0.960. The Morgan fingerprint density at radius 1 is 1.54 bits per heavy atom. The zero-order valence-electron chi connectivity index (χ0n) is 7.08. The fourth-order valence-corrected chi connectivity index (χ4v) is 1.15. The van der Waals surface area contributed by atoms with E-state index in [1.54, 1.807) is 0 Å². The highest BCUT2D eigenvalue weighted by Crippen LogP contribution is 1.99. The molecule has 1 aliphatic rings. The lowest BCUT2D eigenvalue weighted by Gasteiger charge is -2.22. The highest BCUT2D eigenvalue weighted by atomic mass is 35.5. The predicted octanol–water partition coefficient (Wildman–Crippen LogP) is -0.639. The number of aliphatic carboxylic acids is 1. The third-order valence-electron chi connectivity index (χ3n) is 1.78. The fourth-order valence-electron chi connectivity index (χ4n) is 1.15. The maximum atomic E-state index is 11.0. The average molecular weight is 209 g/mol. The van der Waals surface area contributed by atoms with E-state index in [4.69, 9.17) is 5.11 Å². The van der Waals surface area contributed by atoms with Crippen LogP contribution < -0.4 is 10.6 Å². The molecular formula is C7H13ClN2O3. The molecule has 0 aliphatic carbocycles. The Bertz CT molecular complexity index is 198. The lowest BCUT2D eigenvalue weighted by atomic mass is 10.1. The largest absolute Gasteiger partial charge is 0.481 e. The third-order valence-corrected chi connectivity index (χ3v) is 1.78. The molecule has 5 nitrogen and oxygen atoms in total. The van der Waals surface area contributed by atoms with Crippen LogP contribution in [0.25, 0.3) is 0 Å². The van der Waals surface area contributed by atoms with Gasteiger partial charge in [0, 0.05) is 19.5 Å². The number of hydrogen-bond acceptors (Lipinski definition) is 3. The highest BCUT2D eigenvalue weighted by Gasteiger charge is 2.21. The first-order valence-corrected chi connectivity index (χ1v) is 3.93. The second-order valence-corrected chi connectivity index (χ2v) is 2.73. The van der Waals surface area contributed by atoms with Gasteiger partial charge >= 0.3 is 5.97 Å². The van der Waals surface area contributed by atoms with Crippen LogP contribution in [0.2, 0.25) is 0 Å². The van der Waals surface area contributed by atoms with Crippen molar-refractivity contribution < 1.29 is 14.7 Å². The molecule has 1 atom stereocenters. The minimum Gasteiger partial charge on any atom is -0.481 e. The number of carboxylic acids is 1. The van der Waals surface area contributed by atoms with E-state index < -0.39 is 5.97 Å². The highest BCUT2D eigenvalue weighted by molar-refractivity contribution is 5.85. The molecule has 0 saturated carbocycles. The van der Waals surface area contributed by atoms with Crippen LogP contribution in [-0.4, -0.2) is 36.1 Å². The molecule has 0 radical (unpaired) electrons. The van der Waals surface area contributed by atoms with Gasteiger partial charge in [-0.25, -0.2) is 0 Å². The number of carbonyl (C=O) groups is 2. The number of carboxylic acid groups (broad SMARTS) is 1. The molecule has 76 valence electrons. The van der Waals surface area contributed by atoms with Gasteiger partial charge in [-0.05, 0) is 6.42 Å². The number of piperazine rings is 1. The number of nitrogens with one attached hydrogen (secondary N) is 2. The molecule has 1 amide bonds. The minimum absolute atomic E-state index is 0. The van der Waals surface area contributed by atoms with E-state index >= 15 is 0 Å². The molecule has 1 saturated heterocycles. The summed E-state index contributed by atoms with van der Waals surface area (Å²) in [5, 5.41) is 14.0. The van der Waals surface area contributed by atoms with Crippen molar-refractivity contribution in [3.8, 4) is 0 Å². The van der Waals surface area contributed by atoms with Crippen molar-refractivity contribution >= 4 is 24.3 Å². The van der Waals surface area contributed by atoms with Crippen LogP contribution >= 0.6 is 12.4 Å². The zero-order valence-corrected chi connectivity index (χ0v) is 7.89. The van der Waals surface area contributed by atoms with Crippen LogP contribution in [0.1, 0.15) is 12.8 Å². The van der Waals surface area contributed by atoms with E-state index in [2.05, 4.69) is 10.6 Å². The van der Waals surface area contributed by atoms with E-state index in [0.717, 1.165) is 6.54 Å². The lowest BCUT2D eigenvalue weighted by molar-refractivity contribution is -0.137. The molecule has 0 spiro atoms. The second-order valence-electron chi connectivity index (χ2n) is 2.73. The Labute approximate surface area is 82.3 Å². The van der Waals surface area contributed by atoms with Crippen LogP contribution in [-0.2, 0) is 9.59 Å². The summed E-state index contributed by atoms with van der Waals surface area (Å²) in [6, 6.07) is -0.324. The van der Waals surface area contributed by atoms with E-state index in [-0.39, 0.29) is 30.8 Å². The molecule has 13 heavy (non-hydrogen) atoms. The van der Waals surface area contributed by atoms with Crippen molar-refractivity contribution in [2.24, 2.45) is 0 Å². The van der Waals surface area contributed by atoms with E-state index in [1.165, 1.54) is 0 Å². The molecular weight excluding hydrogens is 196 g/mol. The van der Waals surface area contributed by atoms with Gasteiger partial charge in [0.15, 0.2) is 0 Å². The fraction of sp³-hybridized carbons (Fsp3) is 0.714. The monoisotopic (exact) mass is 208 g/mol. The van der Waals surface area contributed by atoms with Gasteiger partial charge in [-0.15, -0.1) is 12.4 Å². The first-order valence-electron chi connectivity index (χ1n) is 3.93. The standard InChI is InChI=1S/C7H12N2O3.ClH/c10-6(11)2-1-5-7(12)9-4-3-8-5;/h5,8H,1-4H2,(H,9,12)(H,10,11);1H. The second kappa shape index (κ2) is 5.77. The van der Waals surface area contributed by atoms with Gasteiger partial charge in [0.25, 0.3) is 0 Å². The molecule has 0 aromatic heterocycles. The molecule has 1 aliphatic heterocycles. The first-order chi connectivity index (χ1) is 5.70. The maximum Gasteiger partial charge on any atom is 0.303 e. The van der Waals surface area contributed by atoms with Gasteiger partial charge in [0.05, 0.1) is 6.04 Å². The Hall–Kier alpha value is -0.810. The Morgan fingerprint density at radius 3 is 2.77 bits per heavy atom. The summed E-state index contributed by atoms with van der Waals surface area (Å²) >= 11 is 0. The summed E-state index contributed by atoms with van der Waals surface area (Å²) in [6.45, 7) is 1.35. The molecule has 0 bridgehead atoms. The zero-order chi connectivity index (χ0) is 8.97. The molecule has 0 aromatic carbocycles. The van der Waals surface area contributed by atoms with Crippen molar-refractivity contribution in [2.75, 3.05) is 13.1 Å². The maximum absolute atomic E-state index is 11.0. The molecule has 1 unspecified atom stereocenters. The summed E-state index contributed by atoms with van der Waals surface area (Å²) in [5.41, 5.74) is 0. The molecule has 3 N–H and O–H groups in total. The van der Waals surface area contributed by atoms with E-state index in [9.17, 15) is 9.59 Å². The van der Waals surface area contributed by atoms with Gasteiger partial charge in [0.1, 0.15) is 0 Å². The summed E-state index contributed by atoms with van der Waals surface area (Å²) in [6.07, 6.45) is 0.395. The molecule has 1 heterocycles. The number of hydrogen-bond donors (Lipinski definition) is 3. The summed E-state index contributed by atoms with van der Waals surface area (Å²) in [7, 11) is 0. The minimum atomic E-state index is -0.866. The quantitative estimate of drug-likeness (QED) is 0.577. The number of halogens is 1. The normalized spacial score (nSPS) is 21.5. The number of carbonyl (C=O) groups excluding carboxylic acids is 1. The summed E-state index contributed by atoms with van der Waals surface area (Å²) < 4.78 is 0. The Morgan fingerprint density at radius 2 is 2.23 bits per heavy atom. The third kappa shape index (κ3) is 4.10. The van der Waals surface area contributed by atoms with Crippen LogP contribution in [0.5, 0.6) is 0 Å². The van der Waals surface area contributed by atoms with Crippen LogP contribution in [0.3, 0.4) is 0 Å². The average Bonchev–Trinajstić information content (AvgIpc) is 2.03. The lowest BCUT2D eigenvalue weighted by Crippen LogP contribution is -2.52. The smallest absolute Gasteiger partial charge is 0.303 e. The first kappa shape index (κ1) is 12.2. The summed E-state index contributed by atoms with van der Waals surface area (Å²) in [4.78, 5) is 21.2. The van der Waals surface area contributed by atoms with Crippen molar-refractivity contribution in [3.05, 3.63) is 0 Å². The Kier molecular flexibility index (Phi) is 5.41. The van der Waals surface area contributed by atoms with Crippen molar-refractivity contribution in [1.29, 1.82) is 0 Å². The SMILES string of the molecule is Cl.O=C(O)CCC1NCCNC1=O. The van der Waals surface area contributed by atoms with Gasteiger partial charge < -0.3 is 15.7 Å². The van der Waals surface area contributed by atoms with Crippen LogP contribution in [0.15, 0.2) is 0 Å². The van der Waals surface area contributed by atoms with E-state index in [0.29, 0.717) is 13.0 Å². The van der Waals surface area contributed by atoms with Crippen LogP contribution in [0.4, 0.5) is 0 Å². The molecule has 1 fully saturated rings.